The molecule has 14 heavy (non-hydrogen) atoms. The van der Waals surface area contributed by atoms with E-state index in [9.17, 15) is 0 Å². The van der Waals surface area contributed by atoms with Gasteiger partial charge in [-0.3, -0.25) is 0 Å². The first-order valence-electron chi connectivity index (χ1n) is 5.51. The summed E-state index contributed by atoms with van der Waals surface area (Å²) < 4.78 is 0. The summed E-state index contributed by atoms with van der Waals surface area (Å²) in [6.07, 6.45) is 3.99. The second kappa shape index (κ2) is 3.74. The summed E-state index contributed by atoms with van der Waals surface area (Å²) in [6, 6.07) is 6.86. The van der Waals surface area contributed by atoms with Gasteiger partial charge in [0.05, 0.1) is 0 Å². The Kier molecular flexibility index (Phi) is 2.60. The predicted octanol–water partition coefficient (Wildman–Crippen LogP) is 3.10. The van der Waals surface area contributed by atoms with Crippen molar-refractivity contribution < 1.29 is 0 Å². The van der Waals surface area contributed by atoms with E-state index in [1.54, 1.807) is 0 Å². The standard InChI is InChI=1S/C13H19N/c1-9-6-7-10(2)12(8-9)13(14)11-4-3-5-11/h6-8,11,13H,3-5,14H2,1-2H3. The Morgan fingerprint density at radius 2 is 2.00 bits per heavy atom. The van der Waals surface area contributed by atoms with Gasteiger partial charge in [0.15, 0.2) is 0 Å². The Labute approximate surface area is 86.3 Å². The van der Waals surface area contributed by atoms with Crippen LogP contribution in [0.5, 0.6) is 0 Å². The third-order valence-electron chi connectivity index (χ3n) is 3.45. The van der Waals surface area contributed by atoms with Gasteiger partial charge in [-0.1, -0.05) is 30.2 Å². The highest BCUT2D eigenvalue weighted by atomic mass is 14.7. The van der Waals surface area contributed by atoms with Crippen molar-refractivity contribution in [3.05, 3.63) is 34.9 Å². The molecule has 1 saturated carbocycles. The molecule has 1 aromatic rings. The van der Waals surface area contributed by atoms with E-state index in [0.717, 1.165) is 5.92 Å². The lowest BCUT2D eigenvalue weighted by atomic mass is 9.76. The number of rotatable bonds is 2. The fourth-order valence-electron chi connectivity index (χ4n) is 2.17. The van der Waals surface area contributed by atoms with Gasteiger partial charge < -0.3 is 5.73 Å². The number of hydrogen-bond donors (Lipinski definition) is 1. The Morgan fingerprint density at radius 1 is 1.29 bits per heavy atom. The smallest absolute Gasteiger partial charge is 0.0326 e. The van der Waals surface area contributed by atoms with E-state index in [4.69, 9.17) is 5.73 Å². The fourth-order valence-corrected chi connectivity index (χ4v) is 2.17. The highest BCUT2D eigenvalue weighted by Crippen LogP contribution is 2.37. The van der Waals surface area contributed by atoms with Crippen molar-refractivity contribution in [3.8, 4) is 0 Å². The first-order valence-corrected chi connectivity index (χ1v) is 5.51. The summed E-state index contributed by atoms with van der Waals surface area (Å²) in [5.74, 6) is 0.732. The maximum absolute atomic E-state index is 6.27. The molecule has 1 aromatic carbocycles. The van der Waals surface area contributed by atoms with Gasteiger partial charge >= 0.3 is 0 Å². The summed E-state index contributed by atoms with van der Waals surface area (Å²) in [5, 5.41) is 0. The minimum atomic E-state index is 0.267. The first-order chi connectivity index (χ1) is 6.68. The molecule has 0 radical (unpaired) electrons. The normalized spacial score (nSPS) is 19.1. The van der Waals surface area contributed by atoms with Gasteiger partial charge in [0.1, 0.15) is 0 Å². The van der Waals surface area contributed by atoms with Crippen LogP contribution >= 0.6 is 0 Å². The zero-order chi connectivity index (χ0) is 10.1. The van der Waals surface area contributed by atoms with Crippen molar-refractivity contribution in [2.24, 2.45) is 11.7 Å². The zero-order valence-corrected chi connectivity index (χ0v) is 9.09. The number of nitrogens with two attached hydrogens (primary N) is 1. The van der Waals surface area contributed by atoms with E-state index >= 15 is 0 Å². The van der Waals surface area contributed by atoms with Crippen LogP contribution in [0, 0.1) is 19.8 Å². The van der Waals surface area contributed by atoms with Crippen LogP contribution in [0.2, 0.25) is 0 Å². The molecule has 0 saturated heterocycles. The second-order valence-corrected chi connectivity index (χ2v) is 4.58. The minimum Gasteiger partial charge on any atom is -0.324 e. The van der Waals surface area contributed by atoms with E-state index < -0.39 is 0 Å². The molecule has 1 nitrogen and oxygen atoms in total. The summed E-state index contributed by atoms with van der Waals surface area (Å²) in [6.45, 7) is 4.30. The van der Waals surface area contributed by atoms with Crippen LogP contribution < -0.4 is 5.73 Å². The lowest BCUT2D eigenvalue weighted by molar-refractivity contribution is 0.264. The summed E-state index contributed by atoms with van der Waals surface area (Å²) in [4.78, 5) is 0. The predicted molar refractivity (Wildman–Crippen MR) is 60.2 cm³/mol. The van der Waals surface area contributed by atoms with E-state index in [1.807, 2.05) is 0 Å². The van der Waals surface area contributed by atoms with Gasteiger partial charge in [-0.05, 0) is 43.7 Å². The van der Waals surface area contributed by atoms with Crippen LogP contribution in [0.3, 0.4) is 0 Å². The monoisotopic (exact) mass is 189 g/mol. The van der Waals surface area contributed by atoms with E-state index in [2.05, 4.69) is 32.0 Å². The van der Waals surface area contributed by atoms with Crippen molar-refractivity contribution in [1.29, 1.82) is 0 Å². The highest BCUT2D eigenvalue weighted by Gasteiger charge is 2.26. The third kappa shape index (κ3) is 1.69. The van der Waals surface area contributed by atoms with Gasteiger partial charge in [0.25, 0.3) is 0 Å². The van der Waals surface area contributed by atoms with Crippen LogP contribution in [0.25, 0.3) is 0 Å². The summed E-state index contributed by atoms with van der Waals surface area (Å²) in [7, 11) is 0. The molecular formula is C13H19N. The summed E-state index contributed by atoms with van der Waals surface area (Å²) in [5.41, 5.74) is 10.3. The van der Waals surface area contributed by atoms with Crippen LogP contribution in [0.1, 0.15) is 42.0 Å². The Morgan fingerprint density at radius 3 is 2.57 bits per heavy atom. The van der Waals surface area contributed by atoms with Gasteiger partial charge in [0.2, 0.25) is 0 Å². The topological polar surface area (TPSA) is 26.0 Å². The highest BCUT2D eigenvalue weighted by molar-refractivity contribution is 5.33. The quantitative estimate of drug-likeness (QED) is 0.760. The SMILES string of the molecule is Cc1ccc(C)c(C(N)C2CCC2)c1. The third-order valence-corrected chi connectivity index (χ3v) is 3.45. The Hall–Kier alpha value is -0.820. The molecule has 1 unspecified atom stereocenters. The average molecular weight is 189 g/mol. The van der Waals surface area contributed by atoms with Crippen molar-refractivity contribution in [3.63, 3.8) is 0 Å². The lowest BCUT2D eigenvalue weighted by Crippen LogP contribution is -2.27. The summed E-state index contributed by atoms with van der Waals surface area (Å²) >= 11 is 0. The maximum atomic E-state index is 6.27. The van der Waals surface area contributed by atoms with Gasteiger partial charge in [-0.25, -0.2) is 0 Å². The number of aryl methyl sites for hydroxylation is 2. The molecule has 0 aliphatic heterocycles. The molecular weight excluding hydrogens is 170 g/mol. The zero-order valence-electron chi connectivity index (χ0n) is 9.09. The van der Waals surface area contributed by atoms with Crippen molar-refractivity contribution in [2.75, 3.05) is 0 Å². The largest absolute Gasteiger partial charge is 0.324 e. The van der Waals surface area contributed by atoms with Gasteiger partial charge in [-0.15, -0.1) is 0 Å². The van der Waals surface area contributed by atoms with E-state index in [1.165, 1.54) is 36.0 Å². The molecule has 1 heteroatoms. The molecule has 2 rings (SSSR count). The first kappa shape index (κ1) is 9.72. The molecule has 2 N–H and O–H groups in total. The van der Waals surface area contributed by atoms with E-state index in [-0.39, 0.29) is 6.04 Å². The molecule has 0 bridgehead atoms. The van der Waals surface area contributed by atoms with Gasteiger partial charge in [0, 0.05) is 6.04 Å². The van der Waals surface area contributed by atoms with Crippen LogP contribution in [0.15, 0.2) is 18.2 Å². The molecule has 0 aromatic heterocycles. The molecule has 1 aliphatic rings. The average Bonchev–Trinajstić information content (AvgIpc) is 2.06. The molecule has 1 fully saturated rings. The molecule has 0 spiro atoms. The second-order valence-electron chi connectivity index (χ2n) is 4.58. The number of hydrogen-bond acceptors (Lipinski definition) is 1. The minimum absolute atomic E-state index is 0.267. The van der Waals surface area contributed by atoms with E-state index in [0.29, 0.717) is 0 Å². The molecule has 1 aliphatic carbocycles. The lowest BCUT2D eigenvalue weighted by Gasteiger charge is -2.32. The van der Waals surface area contributed by atoms with Crippen molar-refractivity contribution >= 4 is 0 Å². The molecule has 0 amide bonds. The van der Waals surface area contributed by atoms with Crippen LogP contribution in [-0.2, 0) is 0 Å². The van der Waals surface area contributed by atoms with Crippen molar-refractivity contribution in [2.45, 2.75) is 39.2 Å². The Balaban J connectivity index is 2.24. The van der Waals surface area contributed by atoms with Gasteiger partial charge in [-0.2, -0.15) is 0 Å². The molecule has 76 valence electrons. The number of benzene rings is 1. The maximum Gasteiger partial charge on any atom is 0.0326 e. The van der Waals surface area contributed by atoms with Crippen molar-refractivity contribution in [1.82, 2.24) is 0 Å². The fraction of sp³-hybridized carbons (Fsp3) is 0.538. The van der Waals surface area contributed by atoms with Crippen LogP contribution in [0.4, 0.5) is 0 Å². The molecule has 1 atom stereocenters. The Bertz CT molecular complexity index is 326. The molecule has 0 heterocycles. The van der Waals surface area contributed by atoms with Crippen LogP contribution in [-0.4, -0.2) is 0 Å².